The van der Waals surface area contributed by atoms with Crippen molar-refractivity contribution in [2.45, 2.75) is 38.0 Å². The third kappa shape index (κ3) is 3.60. The van der Waals surface area contributed by atoms with Crippen molar-refractivity contribution in [1.29, 1.82) is 0 Å². The van der Waals surface area contributed by atoms with Crippen LogP contribution in [0.3, 0.4) is 0 Å². The number of aliphatic carboxylic acids is 1. The van der Waals surface area contributed by atoms with Crippen LogP contribution in [0.1, 0.15) is 37.3 Å². The Morgan fingerprint density at radius 3 is 2.76 bits per heavy atom. The highest BCUT2D eigenvalue weighted by molar-refractivity contribution is 5.69. The van der Waals surface area contributed by atoms with Crippen LogP contribution in [0.25, 0.3) is 0 Å². The van der Waals surface area contributed by atoms with Gasteiger partial charge >= 0.3 is 5.97 Å². The average molecular weight is 344 g/mol. The fraction of sp³-hybridized carbons (Fsp3) is 0.350. The fourth-order valence-electron chi connectivity index (χ4n) is 3.59. The Morgan fingerprint density at radius 2 is 2.08 bits per heavy atom. The van der Waals surface area contributed by atoms with E-state index in [1.807, 2.05) is 19.1 Å². The molecule has 0 radical (unpaired) electrons. The molecule has 1 atom stereocenters. The van der Waals surface area contributed by atoms with Crippen LogP contribution in [0.2, 0.25) is 0 Å². The summed E-state index contributed by atoms with van der Waals surface area (Å²) in [5.74, 6) is 0.186. The number of carbonyl (C=O) groups is 1. The minimum atomic E-state index is -0.821. The van der Waals surface area contributed by atoms with Crippen LogP contribution in [-0.4, -0.2) is 18.2 Å². The molecule has 2 aromatic rings. The largest absolute Gasteiger partial charge is 0.493 e. The molecule has 0 saturated carbocycles. The zero-order valence-corrected chi connectivity index (χ0v) is 14.3. The number of carboxylic acids is 1. The lowest BCUT2D eigenvalue weighted by Crippen LogP contribution is -2.30. The topological polar surface area (TPSA) is 55.8 Å². The molecule has 132 valence electrons. The summed E-state index contributed by atoms with van der Waals surface area (Å²) in [5, 5.41) is 9.29. The summed E-state index contributed by atoms with van der Waals surface area (Å²) in [7, 11) is 1.55. The summed E-state index contributed by atoms with van der Waals surface area (Å²) in [6.07, 6.45) is 2.68. The molecule has 0 heterocycles. The van der Waals surface area contributed by atoms with Crippen molar-refractivity contribution in [3.63, 3.8) is 0 Å². The first-order valence-corrected chi connectivity index (χ1v) is 8.28. The standard InChI is InChI=1S/C20H21FO4/c1-20(12-19(22)23)8-4-5-13-9-17(24-2)18(11-16(13)20)25-15-7-3-6-14(21)10-15/h3,6-7,9-11H,4-5,8,12H2,1-2H3,(H,22,23)/t20-/m1/s1. The lowest BCUT2D eigenvalue weighted by atomic mass is 9.69. The van der Waals surface area contributed by atoms with Crippen molar-refractivity contribution in [1.82, 2.24) is 0 Å². The van der Waals surface area contributed by atoms with Gasteiger partial charge in [-0.05, 0) is 54.7 Å². The number of ether oxygens (including phenoxy) is 2. The molecule has 0 saturated heterocycles. The third-order valence-corrected chi connectivity index (χ3v) is 4.78. The van der Waals surface area contributed by atoms with Gasteiger partial charge in [0, 0.05) is 11.5 Å². The maximum Gasteiger partial charge on any atom is 0.304 e. The van der Waals surface area contributed by atoms with Crippen molar-refractivity contribution < 1.29 is 23.8 Å². The van der Waals surface area contributed by atoms with E-state index in [2.05, 4.69) is 0 Å². The van der Waals surface area contributed by atoms with Crippen LogP contribution in [0.4, 0.5) is 4.39 Å². The average Bonchev–Trinajstić information content (AvgIpc) is 2.54. The highest BCUT2D eigenvalue weighted by Gasteiger charge is 2.35. The Kier molecular flexibility index (Phi) is 4.66. The lowest BCUT2D eigenvalue weighted by molar-refractivity contribution is -0.138. The lowest BCUT2D eigenvalue weighted by Gasteiger charge is -2.35. The second-order valence-corrected chi connectivity index (χ2v) is 6.70. The summed E-state index contributed by atoms with van der Waals surface area (Å²) in [4.78, 5) is 11.3. The van der Waals surface area contributed by atoms with Crippen molar-refractivity contribution in [2.24, 2.45) is 0 Å². The molecule has 0 aliphatic heterocycles. The number of fused-ring (bicyclic) bond motifs is 1. The van der Waals surface area contributed by atoms with Crippen LogP contribution < -0.4 is 9.47 Å². The van der Waals surface area contributed by atoms with Gasteiger partial charge in [-0.3, -0.25) is 4.79 Å². The summed E-state index contributed by atoms with van der Waals surface area (Å²) >= 11 is 0. The SMILES string of the molecule is COc1cc2c(cc1Oc1cccc(F)c1)[C@@](C)(CC(=O)O)CCC2. The number of halogens is 1. The zero-order valence-electron chi connectivity index (χ0n) is 14.3. The van der Waals surface area contributed by atoms with Crippen LogP contribution in [0.5, 0.6) is 17.2 Å². The first-order valence-electron chi connectivity index (χ1n) is 8.28. The number of methoxy groups -OCH3 is 1. The van der Waals surface area contributed by atoms with Gasteiger partial charge in [0.05, 0.1) is 13.5 Å². The number of aryl methyl sites for hydroxylation is 1. The number of carboxylic acid groups (broad SMARTS) is 1. The van der Waals surface area contributed by atoms with Gasteiger partial charge in [-0.25, -0.2) is 4.39 Å². The molecule has 0 aromatic heterocycles. The van der Waals surface area contributed by atoms with Gasteiger partial charge in [0.25, 0.3) is 0 Å². The predicted octanol–water partition coefficient (Wildman–Crippen LogP) is 4.70. The normalized spacial score (nSPS) is 19.2. The van der Waals surface area contributed by atoms with Crippen LogP contribution in [0.15, 0.2) is 36.4 Å². The van der Waals surface area contributed by atoms with Crippen molar-refractivity contribution in [3.8, 4) is 17.2 Å². The Morgan fingerprint density at radius 1 is 1.28 bits per heavy atom. The summed E-state index contributed by atoms with van der Waals surface area (Å²) in [6.45, 7) is 1.97. The molecule has 4 nitrogen and oxygen atoms in total. The Labute approximate surface area is 146 Å². The number of rotatable bonds is 5. The van der Waals surface area contributed by atoms with Crippen LogP contribution in [-0.2, 0) is 16.6 Å². The van der Waals surface area contributed by atoms with Gasteiger partial charge in [0.15, 0.2) is 11.5 Å². The minimum absolute atomic E-state index is 0.0612. The van der Waals surface area contributed by atoms with E-state index >= 15 is 0 Å². The van der Waals surface area contributed by atoms with Crippen molar-refractivity contribution >= 4 is 5.97 Å². The summed E-state index contributed by atoms with van der Waals surface area (Å²) < 4.78 is 24.7. The van der Waals surface area contributed by atoms with E-state index in [0.717, 1.165) is 30.4 Å². The van der Waals surface area contributed by atoms with E-state index in [-0.39, 0.29) is 12.2 Å². The highest BCUT2D eigenvalue weighted by Crippen LogP contribution is 2.45. The molecule has 25 heavy (non-hydrogen) atoms. The maximum absolute atomic E-state index is 13.4. The number of benzene rings is 2. The maximum atomic E-state index is 13.4. The second-order valence-electron chi connectivity index (χ2n) is 6.70. The molecule has 0 spiro atoms. The second kappa shape index (κ2) is 6.75. The molecule has 5 heteroatoms. The first kappa shape index (κ1) is 17.3. The summed E-state index contributed by atoms with van der Waals surface area (Å²) in [5.41, 5.74) is 1.60. The van der Waals surface area contributed by atoms with Gasteiger partial charge < -0.3 is 14.6 Å². The van der Waals surface area contributed by atoms with Crippen molar-refractivity contribution in [3.05, 3.63) is 53.3 Å². The van der Waals surface area contributed by atoms with Gasteiger partial charge in [0.2, 0.25) is 0 Å². The molecule has 0 unspecified atom stereocenters. The molecule has 3 rings (SSSR count). The van der Waals surface area contributed by atoms with Gasteiger partial charge in [-0.15, -0.1) is 0 Å². The van der Waals surface area contributed by atoms with E-state index < -0.39 is 11.4 Å². The molecule has 1 aliphatic carbocycles. The molecule has 1 aliphatic rings. The molecular weight excluding hydrogens is 323 g/mol. The van der Waals surface area contributed by atoms with Gasteiger partial charge in [-0.2, -0.15) is 0 Å². The monoisotopic (exact) mass is 344 g/mol. The van der Waals surface area contributed by atoms with Crippen LogP contribution >= 0.6 is 0 Å². The smallest absolute Gasteiger partial charge is 0.304 e. The molecule has 1 N–H and O–H groups in total. The van der Waals surface area contributed by atoms with Gasteiger partial charge in [-0.1, -0.05) is 13.0 Å². The Balaban J connectivity index is 2.04. The predicted molar refractivity (Wildman–Crippen MR) is 92.0 cm³/mol. The Hall–Kier alpha value is -2.56. The van der Waals surface area contributed by atoms with E-state index in [1.165, 1.54) is 12.1 Å². The quantitative estimate of drug-likeness (QED) is 0.854. The molecule has 0 bridgehead atoms. The van der Waals surface area contributed by atoms with Crippen LogP contribution in [0, 0.1) is 5.82 Å². The number of hydrogen-bond acceptors (Lipinski definition) is 3. The molecule has 2 aromatic carbocycles. The van der Waals surface area contributed by atoms with Crippen molar-refractivity contribution in [2.75, 3.05) is 7.11 Å². The first-order chi connectivity index (χ1) is 11.9. The fourth-order valence-corrected chi connectivity index (χ4v) is 3.59. The number of hydrogen-bond donors (Lipinski definition) is 1. The zero-order chi connectivity index (χ0) is 18.0. The highest BCUT2D eigenvalue weighted by atomic mass is 19.1. The van der Waals surface area contributed by atoms with E-state index in [0.29, 0.717) is 17.2 Å². The third-order valence-electron chi connectivity index (χ3n) is 4.78. The molecule has 0 fully saturated rings. The Bertz CT molecular complexity index is 802. The van der Waals surface area contributed by atoms with E-state index in [1.54, 1.807) is 19.2 Å². The summed E-state index contributed by atoms with van der Waals surface area (Å²) in [6, 6.07) is 9.64. The minimum Gasteiger partial charge on any atom is -0.493 e. The van der Waals surface area contributed by atoms with E-state index in [9.17, 15) is 14.3 Å². The molecule has 0 amide bonds. The van der Waals surface area contributed by atoms with E-state index in [4.69, 9.17) is 9.47 Å². The molecular formula is C20H21FO4. The van der Waals surface area contributed by atoms with Gasteiger partial charge in [0.1, 0.15) is 11.6 Å².